The summed E-state index contributed by atoms with van der Waals surface area (Å²) in [6, 6.07) is 26.6. The number of para-hydroxylation sites is 1. The first-order valence-electron chi connectivity index (χ1n) is 16.7. The second-order valence-corrected chi connectivity index (χ2v) is 12.7. The lowest BCUT2D eigenvalue weighted by Crippen LogP contribution is -2.55. The Labute approximate surface area is 281 Å². The number of rotatable bonds is 15. The topological polar surface area (TPSA) is 135 Å². The number of aromatic nitrogens is 1. The summed E-state index contributed by atoms with van der Waals surface area (Å²) in [4.78, 5) is 47.7. The molecular weight excluding hydrogens is 606 g/mol. The molecule has 0 bridgehead atoms. The average Bonchev–Trinajstić information content (AvgIpc) is 3.43. The van der Waals surface area contributed by atoms with Gasteiger partial charge < -0.3 is 30.6 Å². The molecule has 0 unspecified atom stereocenters. The van der Waals surface area contributed by atoms with Crippen molar-refractivity contribution in [1.82, 2.24) is 25.4 Å². The molecule has 4 N–H and O–H groups in total. The van der Waals surface area contributed by atoms with E-state index in [1.54, 1.807) is 16.0 Å². The fourth-order valence-corrected chi connectivity index (χ4v) is 6.58. The van der Waals surface area contributed by atoms with Crippen LogP contribution in [0.3, 0.4) is 0 Å². The van der Waals surface area contributed by atoms with Gasteiger partial charge in [-0.2, -0.15) is 0 Å². The molecule has 0 aliphatic carbocycles. The van der Waals surface area contributed by atoms with Gasteiger partial charge in [-0.15, -0.1) is 0 Å². The van der Waals surface area contributed by atoms with Gasteiger partial charge in [0.25, 0.3) is 0 Å². The van der Waals surface area contributed by atoms with Crippen molar-refractivity contribution in [3.05, 3.63) is 114 Å². The van der Waals surface area contributed by atoms with E-state index in [1.165, 1.54) is 0 Å². The Morgan fingerprint density at radius 3 is 2.19 bits per heavy atom. The first-order valence-corrected chi connectivity index (χ1v) is 16.7. The predicted octanol–water partition coefficient (Wildman–Crippen LogP) is 5.24. The molecule has 48 heavy (non-hydrogen) atoms. The van der Waals surface area contributed by atoms with Crippen LogP contribution in [0.5, 0.6) is 0 Å². The first-order chi connectivity index (χ1) is 23.2. The number of carbonyl (C=O) groups excluding carboxylic acids is 2. The molecule has 252 valence electrons. The SMILES string of the molecule is CC[C@H](C)[C@@H](C(=O)N[C@@H](Cc1ccccc1)C[C@H](O)[C@H](Cc1ccccc1)NC(=O)O)N1CCN(Cc2ccnc3ccccc23)C1=O. The predicted molar refractivity (Wildman–Crippen MR) is 185 cm³/mol. The molecule has 0 saturated carbocycles. The summed E-state index contributed by atoms with van der Waals surface area (Å²) < 4.78 is 0. The van der Waals surface area contributed by atoms with Crippen LogP contribution in [0.4, 0.5) is 9.59 Å². The van der Waals surface area contributed by atoms with Crippen molar-refractivity contribution in [2.45, 2.75) is 70.3 Å². The number of pyridine rings is 1. The van der Waals surface area contributed by atoms with E-state index in [4.69, 9.17) is 0 Å². The van der Waals surface area contributed by atoms with Gasteiger partial charge in [0, 0.05) is 37.3 Å². The number of fused-ring (bicyclic) bond motifs is 1. The highest BCUT2D eigenvalue weighted by molar-refractivity contribution is 5.89. The number of carboxylic acid groups (broad SMARTS) is 1. The molecule has 1 fully saturated rings. The summed E-state index contributed by atoms with van der Waals surface area (Å²) >= 11 is 0. The zero-order chi connectivity index (χ0) is 34.0. The summed E-state index contributed by atoms with van der Waals surface area (Å²) in [5, 5.41) is 27.6. The lowest BCUT2D eigenvalue weighted by atomic mass is 9.92. The number of nitrogens with zero attached hydrogens (tertiary/aromatic N) is 3. The van der Waals surface area contributed by atoms with Crippen LogP contribution in [0.1, 0.15) is 43.4 Å². The fraction of sp³-hybridized carbons (Fsp3) is 0.368. The second-order valence-electron chi connectivity index (χ2n) is 12.7. The first kappa shape index (κ1) is 34.4. The number of urea groups is 1. The minimum absolute atomic E-state index is 0.112. The maximum absolute atomic E-state index is 14.2. The van der Waals surface area contributed by atoms with E-state index in [1.807, 2.05) is 105 Å². The minimum atomic E-state index is -1.23. The van der Waals surface area contributed by atoms with E-state index >= 15 is 0 Å². The van der Waals surface area contributed by atoms with Crippen molar-refractivity contribution in [1.29, 1.82) is 0 Å². The van der Waals surface area contributed by atoms with Gasteiger partial charge in [-0.25, -0.2) is 9.59 Å². The molecule has 0 spiro atoms. The molecule has 1 saturated heterocycles. The number of aliphatic hydroxyl groups excluding tert-OH is 1. The van der Waals surface area contributed by atoms with Gasteiger partial charge in [-0.05, 0) is 54.0 Å². The van der Waals surface area contributed by atoms with E-state index in [0.29, 0.717) is 38.9 Å². The van der Waals surface area contributed by atoms with Crippen molar-refractivity contribution in [3.63, 3.8) is 0 Å². The van der Waals surface area contributed by atoms with E-state index in [2.05, 4.69) is 15.6 Å². The number of hydrogen-bond donors (Lipinski definition) is 4. The molecule has 1 aromatic heterocycles. The van der Waals surface area contributed by atoms with Gasteiger partial charge in [-0.1, -0.05) is 99.1 Å². The Balaban J connectivity index is 1.34. The standard InChI is InChI=1S/C38H45N5O5/c1-3-26(2)35(43-21-20-42(38(43)48)25-29-18-19-39-32-17-11-10-16-31(29)32)36(45)40-30(22-27-12-6-4-7-13-27)24-34(44)33(41-37(46)47)23-28-14-8-5-9-15-28/h4-19,26,30,33-35,41,44H,3,20-25H2,1-2H3,(H,40,45)(H,46,47)/t26-,30-,33-,34-,35-/m0/s1. The van der Waals surface area contributed by atoms with Crippen LogP contribution < -0.4 is 10.6 Å². The van der Waals surface area contributed by atoms with Crippen LogP contribution in [-0.2, 0) is 24.2 Å². The molecular formula is C38H45N5O5. The maximum atomic E-state index is 14.2. The zero-order valence-electron chi connectivity index (χ0n) is 27.5. The van der Waals surface area contributed by atoms with Crippen LogP contribution in [0.2, 0.25) is 0 Å². The van der Waals surface area contributed by atoms with Gasteiger partial charge in [0.2, 0.25) is 5.91 Å². The van der Waals surface area contributed by atoms with Gasteiger partial charge in [-0.3, -0.25) is 9.78 Å². The third-order valence-electron chi connectivity index (χ3n) is 9.28. The maximum Gasteiger partial charge on any atom is 0.404 e. The molecule has 5 rings (SSSR count). The summed E-state index contributed by atoms with van der Waals surface area (Å²) in [5.74, 6) is -0.412. The summed E-state index contributed by atoms with van der Waals surface area (Å²) in [6.07, 6.45) is 0.954. The molecule has 10 nitrogen and oxygen atoms in total. The van der Waals surface area contributed by atoms with Crippen LogP contribution in [0.25, 0.3) is 10.9 Å². The number of benzene rings is 3. The number of aliphatic hydroxyl groups is 1. The molecule has 5 atom stereocenters. The fourth-order valence-electron chi connectivity index (χ4n) is 6.58. The quantitative estimate of drug-likeness (QED) is 0.139. The average molecular weight is 652 g/mol. The lowest BCUT2D eigenvalue weighted by Gasteiger charge is -2.34. The molecule has 1 aliphatic heterocycles. The van der Waals surface area contributed by atoms with E-state index < -0.39 is 30.3 Å². The number of amides is 4. The van der Waals surface area contributed by atoms with Gasteiger partial charge in [0.05, 0.1) is 17.7 Å². The van der Waals surface area contributed by atoms with Crippen LogP contribution in [0.15, 0.2) is 97.2 Å². The van der Waals surface area contributed by atoms with E-state index in [-0.39, 0.29) is 24.3 Å². The van der Waals surface area contributed by atoms with Gasteiger partial charge >= 0.3 is 12.1 Å². The zero-order valence-corrected chi connectivity index (χ0v) is 27.5. The smallest absolute Gasteiger partial charge is 0.404 e. The highest BCUT2D eigenvalue weighted by Crippen LogP contribution is 2.25. The Morgan fingerprint density at radius 1 is 0.875 bits per heavy atom. The summed E-state index contributed by atoms with van der Waals surface area (Å²) in [7, 11) is 0. The number of carbonyl (C=O) groups is 3. The lowest BCUT2D eigenvalue weighted by molar-refractivity contribution is -0.127. The van der Waals surface area contributed by atoms with Crippen LogP contribution in [0, 0.1) is 5.92 Å². The highest BCUT2D eigenvalue weighted by atomic mass is 16.4. The Morgan fingerprint density at radius 2 is 1.52 bits per heavy atom. The number of nitrogens with one attached hydrogen (secondary N) is 2. The molecule has 10 heteroatoms. The summed E-state index contributed by atoms with van der Waals surface area (Å²) in [6.45, 7) is 5.30. The monoisotopic (exact) mass is 651 g/mol. The molecule has 1 aliphatic rings. The van der Waals surface area contributed by atoms with Gasteiger partial charge in [0.1, 0.15) is 6.04 Å². The Hall–Kier alpha value is -4.96. The van der Waals surface area contributed by atoms with Crippen LogP contribution >= 0.6 is 0 Å². The normalized spacial score (nSPS) is 16.3. The molecule has 2 heterocycles. The molecule has 4 amide bonds. The van der Waals surface area contributed by atoms with E-state index in [9.17, 15) is 24.6 Å². The molecule has 3 aromatic carbocycles. The Bertz CT molecular complexity index is 1660. The van der Waals surface area contributed by atoms with Crippen molar-refractivity contribution >= 4 is 28.9 Å². The third kappa shape index (κ3) is 8.68. The van der Waals surface area contributed by atoms with Gasteiger partial charge in [0.15, 0.2) is 0 Å². The highest BCUT2D eigenvalue weighted by Gasteiger charge is 2.40. The Kier molecular flexibility index (Phi) is 11.6. The minimum Gasteiger partial charge on any atom is -0.465 e. The third-order valence-corrected chi connectivity index (χ3v) is 9.28. The number of hydrogen-bond acceptors (Lipinski definition) is 5. The molecule has 4 aromatic rings. The van der Waals surface area contributed by atoms with Crippen molar-refractivity contribution in [2.75, 3.05) is 13.1 Å². The second kappa shape index (κ2) is 16.2. The van der Waals surface area contributed by atoms with Crippen LogP contribution in [-0.4, -0.2) is 80.3 Å². The van der Waals surface area contributed by atoms with E-state index in [0.717, 1.165) is 27.6 Å². The van der Waals surface area contributed by atoms with Crippen molar-refractivity contribution < 1.29 is 24.6 Å². The largest absolute Gasteiger partial charge is 0.465 e. The molecule has 0 radical (unpaired) electrons. The van der Waals surface area contributed by atoms with Crippen molar-refractivity contribution in [2.24, 2.45) is 5.92 Å². The summed E-state index contributed by atoms with van der Waals surface area (Å²) in [5.41, 5.74) is 3.71. The van der Waals surface area contributed by atoms with Crippen molar-refractivity contribution in [3.8, 4) is 0 Å².